The van der Waals surface area contributed by atoms with Gasteiger partial charge in [-0.25, -0.2) is 0 Å². The van der Waals surface area contributed by atoms with Crippen molar-refractivity contribution in [2.24, 2.45) is 0 Å². The molecule has 0 aromatic carbocycles. The van der Waals surface area contributed by atoms with Crippen molar-refractivity contribution in [1.29, 1.82) is 0 Å². The summed E-state index contributed by atoms with van der Waals surface area (Å²) in [5.74, 6) is 0.759. The number of hydrogen-bond acceptors (Lipinski definition) is 4. The molecule has 5 heteroatoms. The number of piperidine rings is 1. The molecule has 0 radical (unpaired) electrons. The molecule has 0 spiro atoms. The molecule has 1 aliphatic rings. The minimum Gasteiger partial charge on any atom is -0.385 e. The molecule has 0 aliphatic carbocycles. The molecule has 1 saturated heterocycles. The van der Waals surface area contributed by atoms with Crippen LogP contribution in [-0.4, -0.2) is 60.7 Å². The molecule has 0 bridgehead atoms. The molecule has 0 saturated carbocycles. The second kappa shape index (κ2) is 9.70. The summed E-state index contributed by atoms with van der Waals surface area (Å²) in [7, 11) is 1.76. The van der Waals surface area contributed by atoms with E-state index < -0.39 is 0 Å². The summed E-state index contributed by atoms with van der Waals surface area (Å²) >= 11 is 1.71. The van der Waals surface area contributed by atoms with Crippen LogP contribution in [0.5, 0.6) is 0 Å². The Hall–Kier alpha value is -0.260. The normalized spacial score (nSPS) is 17.9. The van der Waals surface area contributed by atoms with Crippen LogP contribution in [0.25, 0.3) is 0 Å². The van der Waals surface area contributed by atoms with Crippen molar-refractivity contribution in [3.8, 4) is 0 Å². The van der Waals surface area contributed by atoms with E-state index in [9.17, 15) is 4.79 Å². The van der Waals surface area contributed by atoms with Crippen LogP contribution >= 0.6 is 11.8 Å². The van der Waals surface area contributed by atoms with Crippen LogP contribution in [0.4, 0.5) is 0 Å². The van der Waals surface area contributed by atoms with Crippen LogP contribution in [0, 0.1) is 0 Å². The molecule has 1 rings (SSSR count). The lowest BCUT2D eigenvalue weighted by Gasteiger charge is -2.32. The Morgan fingerprint density at radius 3 is 2.52 bits per heavy atom. The number of carbonyl (C=O) groups excluding carboxylic acids is 1. The van der Waals surface area contributed by atoms with Crippen molar-refractivity contribution in [3.63, 3.8) is 0 Å². The first-order valence-electron chi connectivity index (χ1n) is 8.05. The van der Waals surface area contributed by atoms with Gasteiger partial charge < -0.3 is 15.0 Å². The lowest BCUT2D eigenvalue weighted by atomic mass is 10.0. The van der Waals surface area contributed by atoms with Crippen molar-refractivity contribution in [2.75, 3.05) is 39.1 Å². The van der Waals surface area contributed by atoms with Gasteiger partial charge in [0.1, 0.15) is 0 Å². The van der Waals surface area contributed by atoms with Gasteiger partial charge in [0.05, 0.1) is 5.75 Å². The Bertz CT molecular complexity index is 297. The second-order valence-corrected chi connectivity index (χ2v) is 8.59. The quantitative estimate of drug-likeness (QED) is 0.699. The molecule has 0 atom stereocenters. The van der Waals surface area contributed by atoms with E-state index in [1.807, 2.05) is 0 Å². The van der Waals surface area contributed by atoms with Gasteiger partial charge in [0, 0.05) is 37.6 Å². The van der Waals surface area contributed by atoms with Crippen LogP contribution in [0.1, 0.15) is 46.5 Å². The van der Waals surface area contributed by atoms with Gasteiger partial charge in [0.15, 0.2) is 0 Å². The monoisotopic (exact) mass is 316 g/mol. The van der Waals surface area contributed by atoms with Gasteiger partial charge in [-0.1, -0.05) is 20.8 Å². The maximum Gasteiger partial charge on any atom is 0.230 e. The number of nitrogens with one attached hydrogen (secondary N) is 1. The van der Waals surface area contributed by atoms with Crippen molar-refractivity contribution < 1.29 is 9.53 Å². The van der Waals surface area contributed by atoms with Crippen LogP contribution < -0.4 is 5.32 Å². The summed E-state index contributed by atoms with van der Waals surface area (Å²) < 4.78 is 5.23. The lowest BCUT2D eigenvalue weighted by Crippen LogP contribution is -2.45. The van der Waals surface area contributed by atoms with Crippen LogP contribution in [0.3, 0.4) is 0 Å². The largest absolute Gasteiger partial charge is 0.385 e. The van der Waals surface area contributed by atoms with E-state index in [0.717, 1.165) is 45.5 Å². The summed E-state index contributed by atoms with van der Waals surface area (Å²) in [6, 6.07) is 0.369. The molecule has 1 heterocycles. The molecule has 0 unspecified atom stereocenters. The molecule has 4 nitrogen and oxygen atoms in total. The third-order valence-electron chi connectivity index (χ3n) is 3.66. The third-order valence-corrected chi connectivity index (χ3v) is 4.93. The Morgan fingerprint density at radius 2 is 1.95 bits per heavy atom. The van der Waals surface area contributed by atoms with E-state index in [4.69, 9.17) is 4.74 Å². The minimum absolute atomic E-state index is 0.156. The average Bonchev–Trinajstić information content (AvgIpc) is 2.42. The molecule has 1 N–H and O–H groups in total. The van der Waals surface area contributed by atoms with E-state index in [2.05, 4.69) is 31.0 Å². The Morgan fingerprint density at radius 1 is 1.29 bits per heavy atom. The Kier molecular flexibility index (Phi) is 8.67. The molecule has 1 fully saturated rings. The summed E-state index contributed by atoms with van der Waals surface area (Å²) in [5, 5.41) is 3.18. The SMILES string of the molecule is COCCCCN1CCC(NC(=O)CSC(C)(C)C)CC1. The summed E-state index contributed by atoms with van der Waals surface area (Å²) in [6.45, 7) is 10.7. The van der Waals surface area contributed by atoms with Crippen molar-refractivity contribution in [2.45, 2.75) is 57.2 Å². The van der Waals surface area contributed by atoms with Gasteiger partial charge in [-0.2, -0.15) is 0 Å². The number of unbranched alkanes of at least 4 members (excludes halogenated alkanes) is 1. The highest BCUT2D eigenvalue weighted by Gasteiger charge is 2.21. The zero-order valence-corrected chi connectivity index (χ0v) is 14.9. The second-order valence-electron chi connectivity index (χ2n) is 6.78. The maximum atomic E-state index is 11.9. The van der Waals surface area contributed by atoms with Gasteiger partial charge in [0.25, 0.3) is 0 Å². The maximum absolute atomic E-state index is 11.9. The van der Waals surface area contributed by atoms with Gasteiger partial charge in [-0.3, -0.25) is 4.79 Å². The number of nitrogens with zero attached hydrogens (tertiary/aromatic N) is 1. The molecule has 124 valence electrons. The van der Waals surface area contributed by atoms with Gasteiger partial charge in [0.2, 0.25) is 5.91 Å². The van der Waals surface area contributed by atoms with Gasteiger partial charge in [-0.15, -0.1) is 11.8 Å². The first-order valence-corrected chi connectivity index (χ1v) is 9.04. The Labute approximate surface area is 134 Å². The first-order chi connectivity index (χ1) is 9.90. The van der Waals surface area contributed by atoms with E-state index in [0.29, 0.717) is 11.8 Å². The molecular formula is C16H32N2O2S. The van der Waals surface area contributed by atoms with E-state index in [1.165, 1.54) is 6.42 Å². The van der Waals surface area contributed by atoms with Crippen LogP contribution in [-0.2, 0) is 9.53 Å². The summed E-state index contributed by atoms with van der Waals surface area (Å²) in [6.07, 6.45) is 4.50. The number of hydrogen-bond donors (Lipinski definition) is 1. The van der Waals surface area contributed by atoms with Gasteiger partial charge in [-0.05, 0) is 32.2 Å². The van der Waals surface area contributed by atoms with Crippen LogP contribution in [0.15, 0.2) is 0 Å². The van der Waals surface area contributed by atoms with Crippen molar-refractivity contribution in [3.05, 3.63) is 0 Å². The molecule has 1 amide bonds. The fraction of sp³-hybridized carbons (Fsp3) is 0.938. The number of carbonyl (C=O) groups is 1. The predicted octanol–water partition coefficient (Wildman–Crippen LogP) is 2.53. The molecular weight excluding hydrogens is 284 g/mol. The number of ether oxygens (including phenoxy) is 1. The van der Waals surface area contributed by atoms with Gasteiger partial charge >= 0.3 is 0 Å². The fourth-order valence-corrected chi connectivity index (χ4v) is 3.08. The van der Waals surface area contributed by atoms with Crippen molar-refractivity contribution >= 4 is 17.7 Å². The molecule has 0 aromatic heterocycles. The zero-order valence-electron chi connectivity index (χ0n) is 14.1. The highest BCUT2D eigenvalue weighted by Crippen LogP contribution is 2.22. The topological polar surface area (TPSA) is 41.6 Å². The lowest BCUT2D eigenvalue weighted by molar-refractivity contribution is -0.119. The smallest absolute Gasteiger partial charge is 0.230 e. The first kappa shape index (κ1) is 18.8. The van der Waals surface area contributed by atoms with E-state index in [1.54, 1.807) is 18.9 Å². The fourth-order valence-electron chi connectivity index (χ4n) is 2.43. The minimum atomic E-state index is 0.156. The number of likely N-dealkylation sites (tertiary alicyclic amines) is 1. The van der Waals surface area contributed by atoms with E-state index in [-0.39, 0.29) is 10.7 Å². The predicted molar refractivity (Wildman–Crippen MR) is 90.9 cm³/mol. The highest BCUT2D eigenvalue weighted by atomic mass is 32.2. The Balaban J connectivity index is 2.11. The summed E-state index contributed by atoms with van der Waals surface area (Å²) in [4.78, 5) is 14.4. The molecule has 0 aromatic rings. The number of thioether (sulfide) groups is 1. The summed E-state index contributed by atoms with van der Waals surface area (Å²) in [5.41, 5.74) is 0. The number of methoxy groups -OCH3 is 1. The third kappa shape index (κ3) is 9.38. The number of rotatable bonds is 8. The van der Waals surface area contributed by atoms with Crippen LogP contribution in [0.2, 0.25) is 0 Å². The molecule has 21 heavy (non-hydrogen) atoms. The molecule has 1 aliphatic heterocycles. The average molecular weight is 317 g/mol. The van der Waals surface area contributed by atoms with E-state index >= 15 is 0 Å². The van der Waals surface area contributed by atoms with Crippen molar-refractivity contribution in [1.82, 2.24) is 10.2 Å². The zero-order chi connectivity index (χ0) is 15.7. The number of amides is 1. The standard InChI is InChI=1S/C16H32N2O2S/c1-16(2,3)21-13-15(19)17-14-7-10-18(11-8-14)9-5-6-12-20-4/h14H,5-13H2,1-4H3,(H,17,19). The highest BCUT2D eigenvalue weighted by molar-refractivity contribution is 8.01.